The number of benzene rings is 3. The summed E-state index contributed by atoms with van der Waals surface area (Å²) in [5, 5.41) is 14.3. The van der Waals surface area contributed by atoms with Gasteiger partial charge in [0.05, 0.1) is 29.9 Å². The molecule has 0 aliphatic carbocycles. The maximum atomic E-state index is 14.0. The lowest BCUT2D eigenvalue weighted by Crippen LogP contribution is -2.41. The van der Waals surface area contributed by atoms with Gasteiger partial charge in [-0.3, -0.25) is 9.36 Å². The quantitative estimate of drug-likeness (QED) is 0.331. The lowest BCUT2D eigenvalue weighted by atomic mass is 9.98. The van der Waals surface area contributed by atoms with Crippen LogP contribution >= 0.6 is 0 Å². The summed E-state index contributed by atoms with van der Waals surface area (Å²) in [4.78, 5) is 29.7. The van der Waals surface area contributed by atoms with Crippen LogP contribution in [0.3, 0.4) is 0 Å². The highest BCUT2D eigenvalue weighted by Gasteiger charge is 2.34. The summed E-state index contributed by atoms with van der Waals surface area (Å²) >= 11 is 0. The van der Waals surface area contributed by atoms with E-state index in [0.717, 1.165) is 11.1 Å². The topological polar surface area (TPSA) is 110 Å². The third-order valence-corrected chi connectivity index (χ3v) is 6.77. The van der Waals surface area contributed by atoms with Gasteiger partial charge in [0.25, 0.3) is 5.91 Å². The molecule has 4 aromatic rings. The zero-order chi connectivity index (χ0) is 27.9. The first kappa shape index (κ1) is 27.6. The number of carbonyl (C=O) groups excluding carboxylic acids is 1. The second kappa shape index (κ2) is 12.4. The largest absolute Gasteiger partial charge is 0.351 e. The highest BCUT2D eigenvalue weighted by atomic mass is 16.2. The van der Waals surface area contributed by atoms with Gasteiger partial charge >= 0.3 is 5.69 Å². The van der Waals surface area contributed by atoms with E-state index < -0.39 is 6.04 Å². The zero-order valence-corrected chi connectivity index (χ0v) is 22.6. The summed E-state index contributed by atoms with van der Waals surface area (Å²) in [6.45, 7) is 7.10. The minimum Gasteiger partial charge on any atom is -0.330 e. The van der Waals surface area contributed by atoms with Gasteiger partial charge in [-0.25, -0.2) is 4.79 Å². The van der Waals surface area contributed by atoms with Crippen LogP contribution in [-0.2, 0) is 6.54 Å². The van der Waals surface area contributed by atoms with Gasteiger partial charge in [-0.1, -0.05) is 68.4 Å². The molecule has 200 valence electrons. The Morgan fingerprint density at radius 1 is 1.05 bits per heavy atom. The van der Waals surface area contributed by atoms with Gasteiger partial charge in [-0.15, -0.1) is 5.10 Å². The van der Waals surface area contributed by atoms with Gasteiger partial charge < -0.3 is 10.6 Å². The summed E-state index contributed by atoms with van der Waals surface area (Å²) in [6, 6.07) is 25.6. The molecule has 0 fully saturated rings. The van der Waals surface area contributed by atoms with E-state index in [0.29, 0.717) is 48.7 Å². The molecule has 8 nitrogen and oxygen atoms in total. The molecule has 1 unspecified atom stereocenters. The molecule has 1 aromatic heterocycles. The predicted molar refractivity (Wildman–Crippen MR) is 152 cm³/mol. The van der Waals surface area contributed by atoms with Crippen LogP contribution in [-0.4, -0.2) is 38.2 Å². The second-order valence-corrected chi connectivity index (χ2v) is 9.93. The van der Waals surface area contributed by atoms with E-state index in [9.17, 15) is 14.9 Å². The van der Waals surface area contributed by atoms with Crippen LogP contribution in [0, 0.1) is 24.2 Å². The SMILES string of the molecule is Cc1ccccc1C(=O)N(CCCN)C(c1nn(-c2cccc(C#N)c2)c(=O)n1Cc1ccccc1)C(C)C. The molecule has 3 aromatic carbocycles. The maximum absolute atomic E-state index is 14.0. The van der Waals surface area contributed by atoms with E-state index in [1.165, 1.54) is 4.68 Å². The standard InChI is InChI=1S/C31H34N6O2/c1-22(2)28(35(18-10-17-32)30(38)27-16-8-7-11-23(27)3)29-34-37(26-15-9-14-25(19-26)20-33)31(39)36(29)21-24-12-5-4-6-13-24/h4-9,11-16,19,22,28H,10,17-18,21,32H2,1-3H3. The second-order valence-electron chi connectivity index (χ2n) is 9.93. The molecule has 1 atom stereocenters. The highest BCUT2D eigenvalue weighted by molar-refractivity contribution is 5.95. The maximum Gasteiger partial charge on any atom is 0.351 e. The van der Waals surface area contributed by atoms with Crippen molar-refractivity contribution in [2.75, 3.05) is 13.1 Å². The third kappa shape index (κ3) is 6.00. The van der Waals surface area contributed by atoms with Crippen molar-refractivity contribution in [3.8, 4) is 11.8 Å². The molecular formula is C31H34N6O2. The molecule has 0 saturated carbocycles. The molecule has 0 bridgehead atoms. The van der Waals surface area contributed by atoms with Crippen molar-refractivity contribution in [2.24, 2.45) is 11.7 Å². The summed E-state index contributed by atoms with van der Waals surface area (Å²) in [6.07, 6.45) is 0.606. The molecule has 0 spiro atoms. The van der Waals surface area contributed by atoms with E-state index in [1.54, 1.807) is 33.7 Å². The number of nitriles is 1. The smallest absolute Gasteiger partial charge is 0.330 e. The number of nitrogens with two attached hydrogens (primary N) is 1. The molecule has 8 heteroatoms. The fraction of sp³-hybridized carbons (Fsp3) is 0.290. The van der Waals surface area contributed by atoms with E-state index in [4.69, 9.17) is 10.8 Å². The fourth-order valence-corrected chi connectivity index (χ4v) is 4.81. The van der Waals surface area contributed by atoms with Gasteiger partial charge in [0.2, 0.25) is 0 Å². The molecule has 1 amide bonds. The van der Waals surface area contributed by atoms with Gasteiger partial charge in [0, 0.05) is 12.1 Å². The number of nitrogens with zero attached hydrogens (tertiary/aromatic N) is 5. The number of amides is 1. The minimum absolute atomic E-state index is 0.0639. The number of rotatable bonds is 10. The van der Waals surface area contributed by atoms with Gasteiger partial charge in [-0.05, 0) is 61.2 Å². The Morgan fingerprint density at radius 2 is 1.77 bits per heavy atom. The third-order valence-electron chi connectivity index (χ3n) is 6.77. The molecule has 2 N–H and O–H groups in total. The summed E-state index contributed by atoms with van der Waals surface area (Å²) < 4.78 is 2.97. The number of aryl methyl sites for hydroxylation is 1. The first-order chi connectivity index (χ1) is 18.8. The molecule has 0 saturated heterocycles. The molecule has 0 aliphatic rings. The molecular weight excluding hydrogens is 488 g/mol. The van der Waals surface area contributed by atoms with Crippen molar-refractivity contribution in [3.05, 3.63) is 117 Å². The number of carbonyl (C=O) groups is 1. The van der Waals surface area contributed by atoms with Crippen molar-refractivity contribution in [1.82, 2.24) is 19.2 Å². The Kier molecular flexibility index (Phi) is 8.74. The van der Waals surface area contributed by atoms with E-state index in [-0.39, 0.29) is 17.5 Å². The van der Waals surface area contributed by atoms with Crippen molar-refractivity contribution < 1.29 is 4.79 Å². The van der Waals surface area contributed by atoms with E-state index in [1.807, 2.05) is 75.4 Å². The first-order valence-electron chi connectivity index (χ1n) is 13.2. The van der Waals surface area contributed by atoms with E-state index >= 15 is 0 Å². The van der Waals surface area contributed by atoms with Crippen LogP contribution in [0.25, 0.3) is 5.69 Å². The first-order valence-corrected chi connectivity index (χ1v) is 13.2. The van der Waals surface area contributed by atoms with E-state index in [2.05, 4.69) is 6.07 Å². The van der Waals surface area contributed by atoms with Crippen LogP contribution in [0.5, 0.6) is 0 Å². The van der Waals surface area contributed by atoms with Gasteiger partial charge in [0.1, 0.15) is 0 Å². The molecule has 0 radical (unpaired) electrons. The van der Waals surface area contributed by atoms with Crippen LogP contribution in [0.15, 0.2) is 83.7 Å². The van der Waals surface area contributed by atoms with Crippen LogP contribution < -0.4 is 11.4 Å². The summed E-state index contributed by atoms with van der Waals surface area (Å²) in [5.41, 5.74) is 8.90. The summed E-state index contributed by atoms with van der Waals surface area (Å²) in [7, 11) is 0. The Bertz CT molecular complexity index is 1530. The molecule has 0 aliphatic heterocycles. The van der Waals surface area contributed by atoms with Crippen molar-refractivity contribution in [2.45, 2.75) is 39.8 Å². The monoisotopic (exact) mass is 522 g/mol. The summed E-state index contributed by atoms with van der Waals surface area (Å²) in [5.74, 6) is 0.297. The average Bonchev–Trinajstić information content (AvgIpc) is 3.26. The van der Waals surface area contributed by atoms with Crippen LogP contribution in [0.4, 0.5) is 0 Å². The number of hydrogen-bond donors (Lipinski definition) is 1. The Balaban J connectivity index is 1.91. The van der Waals surface area contributed by atoms with Gasteiger partial charge in [0.15, 0.2) is 5.82 Å². The lowest BCUT2D eigenvalue weighted by Gasteiger charge is -2.34. The predicted octanol–water partition coefficient (Wildman–Crippen LogP) is 4.45. The number of hydrogen-bond acceptors (Lipinski definition) is 5. The Labute approximate surface area is 228 Å². The number of aromatic nitrogens is 3. The lowest BCUT2D eigenvalue weighted by molar-refractivity contribution is 0.0602. The molecule has 4 rings (SSSR count). The Morgan fingerprint density at radius 3 is 2.44 bits per heavy atom. The van der Waals surface area contributed by atoms with Crippen molar-refractivity contribution in [1.29, 1.82) is 5.26 Å². The molecule has 1 heterocycles. The fourth-order valence-electron chi connectivity index (χ4n) is 4.81. The molecule has 39 heavy (non-hydrogen) atoms. The van der Waals surface area contributed by atoms with Gasteiger partial charge in [-0.2, -0.15) is 9.94 Å². The normalized spacial score (nSPS) is 11.8. The van der Waals surface area contributed by atoms with Crippen LogP contribution in [0.2, 0.25) is 0 Å². The Hall–Kier alpha value is -4.48. The van der Waals surface area contributed by atoms with Crippen molar-refractivity contribution in [3.63, 3.8) is 0 Å². The highest BCUT2D eigenvalue weighted by Crippen LogP contribution is 2.30. The van der Waals surface area contributed by atoms with Crippen molar-refractivity contribution >= 4 is 5.91 Å². The zero-order valence-electron chi connectivity index (χ0n) is 22.6. The average molecular weight is 523 g/mol. The minimum atomic E-state index is -0.500. The van der Waals surface area contributed by atoms with Crippen LogP contribution in [0.1, 0.15) is 59.2 Å².